The Bertz CT molecular complexity index is 811. The van der Waals surface area contributed by atoms with Crippen LogP contribution in [0.25, 0.3) is 10.8 Å². The molecule has 1 aliphatic rings. The lowest BCUT2D eigenvalue weighted by Gasteiger charge is -2.33. The topological polar surface area (TPSA) is 75.4 Å². The van der Waals surface area contributed by atoms with E-state index in [0.29, 0.717) is 19.5 Å². The summed E-state index contributed by atoms with van der Waals surface area (Å²) >= 11 is 0. The van der Waals surface area contributed by atoms with Crippen LogP contribution in [0.1, 0.15) is 44.2 Å². The van der Waals surface area contributed by atoms with Crippen LogP contribution in [0.15, 0.2) is 42.5 Å². The number of hydrogen-bond donors (Lipinski definition) is 2. The highest BCUT2D eigenvalue weighted by atomic mass is 35.5. The molecule has 0 aromatic heterocycles. The number of nitrogens with one attached hydrogen (secondary N) is 1. The normalized spacial score (nSPS) is 17.6. The van der Waals surface area contributed by atoms with Gasteiger partial charge in [-0.2, -0.15) is 0 Å². The van der Waals surface area contributed by atoms with E-state index < -0.39 is 0 Å². The third kappa shape index (κ3) is 5.24. The van der Waals surface area contributed by atoms with Crippen LogP contribution in [0.3, 0.4) is 0 Å². The Hall–Kier alpha value is -2.11. The molecule has 0 saturated carbocycles. The number of nitrogens with zero attached hydrogens (tertiary/aromatic N) is 1. The molecule has 2 aromatic carbocycles. The van der Waals surface area contributed by atoms with Gasteiger partial charge >= 0.3 is 0 Å². The number of hydrogen-bond acceptors (Lipinski definition) is 3. The lowest BCUT2D eigenvalue weighted by atomic mass is 9.95. The highest BCUT2D eigenvalue weighted by Crippen LogP contribution is 2.22. The van der Waals surface area contributed by atoms with Gasteiger partial charge in [-0.1, -0.05) is 43.3 Å². The molecule has 1 heterocycles. The molecule has 1 fully saturated rings. The molecular weight excluding hydrogens is 374 g/mol. The predicted molar refractivity (Wildman–Crippen MR) is 115 cm³/mol. The molecule has 2 aromatic rings. The van der Waals surface area contributed by atoms with E-state index in [-0.39, 0.29) is 36.2 Å². The van der Waals surface area contributed by atoms with Crippen LogP contribution in [0.2, 0.25) is 0 Å². The van der Waals surface area contributed by atoms with Crippen molar-refractivity contribution in [3.63, 3.8) is 0 Å². The highest BCUT2D eigenvalue weighted by molar-refractivity contribution is 5.85. The number of halogens is 1. The van der Waals surface area contributed by atoms with Crippen molar-refractivity contribution in [2.75, 3.05) is 19.6 Å². The molecule has 0 radical (unpaired) electrons. The fourth-order valence-electron chi connectivity index (χ4n) is 3.78. The van der Waals surface area contributed by atoms with E-state index in [1.54, 1.807) is 0 Å². The Morgan fingerprint density at radius 3 is 2.68 bits per heavy atom. The number of amides is 2. The van der Waals surface area contributed by atoms with Gasteiger partial charge in [0.25, 0.3) is 0 Å². The zero-order valence-electron chi connectivity index (χ0n) is 16.4. The van der Waals surface area contributed by atoms with Gasteiger partial charge in [0, 0.05) is 26.1 Å². The molecule has 1 aliphatic heterocycles. The van der Waals surface area contributed by atoms with Crippen LogP contribution in [0, 0.1) is 5.92 Å². The Kier molecular flexibility index (Phi) is 8.27. The second-order valence-electron chi connectivity index (χ2n) is 7.33. The van der Waals surface area contributed by atoms with Crippen LogP contribution >= 0.6 is 12.4 Å². The van der Waals surface area contributed by atoms with Gasteiger partial charge in [0.1, 0.15) is 0 Å². The van der Waals surface area contributed by atoms with Crippen molar-refractivity contribution >= 4 is 35.0 Å². The molecule has 2 unspecified atom stereocenters. The molecule has 3 N–H and O–H groups in total. The highest BCUT2D eigenvalue weighted by Gasteiger charge is 2.29. The number of benzene rings is 2. The molecule has 6 heteroatoms. The zero-order valence-corrected chi connectivity index (χ0v) is 17.2. The van der Waals surface area contributed by atoms with E-state index in [2.05, 4.69) is 29.6 Å². The van der Waals surface area contributed by atoms with Gasteiger partial charge in [-0.05, 0) is 41.7 Å². The van der Waals surface area contributed by atoms with Crippen molar-refractivity contribution < 1.29 is 9.59 Å². The molecule has 0 spiro atoms. The van der Waals surface area contributed by atoms with E-state index in [1.165, 1.54) is 5.39 Å². The van der Waals surface area contributed by atoms with Gasteiger partial charge < -0.3 is 16.0 Å². The number of nitrogens with two attached hydrogens (primary N) is 1. The van der Waals surface area contributed by atoms with Crippen LogP contribution in [0.4, 0.5) is 0 Å². The van der Waals surface area contributed by atoms with E-state index in [9.17, 15) is 9.59 Å². The maximum atomic E-state index is 12.8. The number of rotatable bonds is 6. The number of likely N-dealkylation sites (tertiary alicyclic amines) is 1. The average molecular weight is 404 g/mol. The molecule has 0 bridgehead atoms. The predicted octanol–water partition coefficient (Wildman–Crippen LogP) is 3.42. The number of fused-ring (bicyclic) bond motifs is 1. The molecule has 2 atom stereocenters. The van der Waals surface area contributed by atoms with Gasteiger partial charge in [-0.15, -0.1) is 12.4 Å². The van der Waals surface area contributed by atoms with E-state index >= 15 is 0 Å². The minimum atomic E-state index is -0.219. The Morgan fingerprint density at radius 1 is 1.21 bits per heavy atom. The van der Waals surface area contributed by atoms with Crippen molar-refractivity contribution in [3.05, 3.63) is 48.0 Å². The van der Waals surface area contributed by atoms with Gasteiger partial charge in [-0.25, -0.2) is 0 Å². The second-order valence-corrected chi connectivity index (χ2v) is 7.33. The minimum Gasteiger partial charge on any atom is -0.348 e. The third-order valence-electron chi connectivity index (χ3n) is 5.34. The number of piperidine rings is 1. The van der Waals surface area contributed by atoms with E-state index in [0.717, 1.165) is 36.8 Å². The van der Waals surface area contributed by atoms with Gasteiger partial charge in [-0.3, -0.25) is 9.59 Å². The Balaban J connectivity index is 0.00000280. The van der Waals surface area contributed by atoms with Crippen LogP contribution in [0.5, 0.6) is 0 Å². The van der Waals surface area contributed by atoms with E-state index in [4.69, 9.17) is 5.73 Å². The van der Waals surface area contributed by atoms with Crippen molar-refractivity contribution in [2.24, 2.45) is 11.7 Å². The maximum absolute atomic E-state index is 12.8. The number of carbonyl (C=O) groups excluding carboxylic acids is 2. The third-order valence-corrected chi connectivity index (χ3v) is 5.34. The molecular formula is C22H30ClN3O2. The summed E-state index contributed by atoms with van der Waals surface area (Å²) in [5.41, 5.74) is 6.98. The summed E-state index contributed by atoms with van der Waals surface area (Å²) in [5.74, 6) is -0.0124. The first-order chi connectivity index (χ1) is 13.1. The molecule has 2 amide bonds. The summed E-state index contributed by atoms with van der Waals surface area (Å²) in [6, 6.07) is 14.1. The summed E-state index contributed by atoms with van der Waals surface area (Å²) < 4.78 is 0. The van der Waals surface area contributed by atoms with Crippen molar-refractivity contribution in [2.45, 2.75) is 38.6 Å². The molecule has 152 valence electrons. The first-order valence-electron chi connectivity index (χ1n) is 9.89. The SMILES string of the molecule is CCCC(=O)N1CCCC(C(=O)NC(CN)c2ccc3ccccc3c2)C1.Cl. The number of carbonyl (C=O) groups is 2. The summed E-state index contributed by atoms with van der Waals surface area (Å²) in [7, 11) is 0. The smallest absolute Gasteiger partial charge is 0.225 e. The molecule has 3 rings (SSSR count). The van der Waals surface area contributed by atoms with Crippen LogP contribution < -0.4 is 11.1 Å². The molecule has 1 saturated heterocycles. The monoisotopic (exact) mass is 403 g/mol. The lowest BCUT2D eigenvalue weighted by molar-refractivity contribution is -0.135. The van der Waals surface area contributed by atoms with Gasteiger partial charge in [0.15, 0.2) is 0 Å². The largest absolute Gasteiger partial charge is 0.348 e. The summed E-state index contributed by atoms with van der Waals surface area (Å²) in [6.07, 6.45) is 3.08. The summed E-state index contributed by atoms with van der Waals surface area (Å²) in [6.45, 7) is 3.62. The molecule has 0 aliphatic carbocycles. The standard InChI is InChI=1S/C22H29N3O2.ClH/c1-2-6-21(26)25-12-5-9-19(15-25)22(27)24-20(14-23)18-11-10-16-7-3-4-8-17(16)13-18;/h3-4,7-8,10-11,13,19-20H,2,5-6,9,12,14-15,23H2,1H3,(H,24,27);1H. The van der Waals surface area contributed by atoms with Crippen molar-refractivity contribution in [1.82, 2.24) is 10.2 Å². The van der Waals surface area contributed by atoms with Crippen LogP contribution in [-0.2, 0) is 9.59 Å². The van der Waals surface area contributed by atoms with E-state index in [1.807, 2.05) is 30.0 Å². The maximum Gasteiger partial charge on any atom is 0.225 e. The first-order valence-corrected chi connectivity index (χ1v) is 9.89. The Labute approximate surface area is 173 Å². The van der Waals surface area contributed by atoms with Crippen molar-refractivity contribution in [1.29, 1.82) is 0 Å². The second kappa shape index (κ2) is 10.4. The first kappa shape index (κ1) is 22.2. The minimum absolute atomic E-state index is 0. The fourth-order valence-corrected chi connectivity index (χ4v) is 3.78. The van der Waals surface area contributed by atoms with Crippen LogP contribution in [-0.4, -0.2) is 36.3 Å². The fraction of sp³-hybridized carbons (Fsp3) is 0.455. The summed E-state index contributed by atoms with van der Waals surface area (Å²) in [4.78, 5) is 26.8. The summed E-state index contributed by atoms with van der Waals surface area (Å²) in [5, 5.41) is 5.41. The van der Waals surface area contributed by atoms with Crippen molar-refractivity contribution in [3.8, 4) is 0 Å². The average Bonchev–Trinajstić information content (AvgIpc) is 2.71. The molecule has 5 nitrogen and oxygen atoms in total. The molecule has 28 heavy (non-hydrogen) atoms. The van der Waals surface area contributed by atoms with Gasteiger partial charge in [0.05, 0.1) is 12.0 Å². The van der Waals surface area contributed by atoms with Gasteiger partial charge in [0.2, 0.25) is 11.8 Å². The zero-order chi connectivity index (χ0) is 19.2. The Morgan fingerprint density at radius 2 is 1.96 bits per heavy atom. The quantitative estimate of drug-likeness (QED) is 0.775. The lowest BCUT2D eigenvalue weighted by Crippen LogP contribution is -2.46.